The van der Waals surface area contributed by atoms with E-state index in [1.54, 1.807) is 18.2 Å². The SMILES string of the molecule is NC1NC1NCc1cc(Cl)ccc1O. The summed E-state index contributed by atoms with van der Waals surface area (Å²) in [5.74, 6) is 0.246. The van der Waals surface area contributed by atoms with E-state index in [2.05, 4.69) is 10.6 Å². The van der Waals surface area contributed by atoms with Gasteiger partial charge in [-0.15, -0.1) is 0 Å². The summed E-state index contributed by atoms with van der Waals surface area (Å²) in [7, 11) is 0. The Bertz CT molecular complexity index is 345. The molecule has 1 aliphatic rings. The summed E-state index contributed by atoms with van der Waals surface area (Å²) in [4.78, 5) is 0. The third-order valence-corrected chi connectivity index (χ3v) is 2.41. The lowest BCUT2D eigenvalue weighted by molar-refractivity contribution is 0.464. The van der Waals surface area contributed by atoms with Crippen LogP contribution in [-0.4, -0.2) is 17.4 Å². The lowest BCUT2D eigenvalue weighted by Crippen LogP contribution is -2.22. The van der Waals surface area contributed by atoms with E-state index in [0.29, 0.717) is 11.6 Å². The van der Waals surface area contributed by atoms with E-state index < -0.39 is 0 Å². The lowest BCUT2D eigenvalue weighted by Gasteiger charge is -2.05. The molecule has 0 saturated carbocycles. The van der Waals surface area contributed by atoms with Crippen molar-refractivity contribution in [3.8, 4) is 5.75 Å². The molecule has 1 heterocycles. The highest BCUT2D eigenvalue weighted by molar-refractivity contribution is 6.30. The maximum Gasteiger partial charge on any atom is 0.120 e. The van der Waals surface area contributed by atoms with Crippen LogP contribution in [0, 0.1) is 0 Å². The maximum atomic E-state index is 9.48. The number of phenolic OH excluding ortho intramolecular Hbond substituents is 1. The minimum atomic E-state index is 0.0244. The predicted molar refractivity (Wildman–Crippen MR) is 54.9 cm³/mol. The fourth-order valence-electron chi connectivity index (χ4n) is 1.25. The van der Waals surface area contributed by atoms with E-state index in [1.807, 2.05) is 0 Å². The number of aromatic hydroxyl groups is 1. The molecule has 0 aliphatic carbocycles. The van der Waals surface area contributed by atoms with Crippen LogP contribution in [-0.2, 0) is 6.54 Å². The van der Waals surface area contributed by atoms with Gasteiger partial charge >= 0.3 is 0 Å². The molecule has 1 fully saturated rings. The summed E-state index contributed by atoms with van der Waals surface area (Å²) in [5.41, 5.74) is 6.31. The van der Waals surface area contributed by atoms with Crippen molar-refractivity contribution in [1.29, 1.82) is 0 Å². The van der Waals surface area contributed by atoms with Crippen molar-refractivity contribution in [2.75, 3.05) is 0 Å². The van der Waals surface area contributed by atoms with Gasteiger partial charge in [0.25, 0.3) is 0 Å². The van der Waals surface area contributed by atoms with Crippen LogP contribution in [0.25, 0.3) is 0 Å². The number of halogens is 1. The number of rotatable bonds is 3. The number of phenols is 1. The van der Waals surface area contributed by atoms with E-state index in [1.165, 1.54) is 0 Å². The molecule has 0 radical (unpaired) electrons. The Morgan fingerprint density at radius 3 is 2.93 bits per heavy atom. The summed E-state index contributed by atoms with van der Waals surface area (Å²) in [6.07, 6.45) is 0.171. The normalized spacial score (nSPS) is 25.0. The molecule has 1 aromatic rings. The van der Waals surface area contributed by atoms with Gasteiger partial charge in [0.1, 0.15) is 5.75 Å². The van der Waals surface area contributed by atoms with Gasteiger partial charge in [0.2, 0.25) is 0 Å². The molecule has 76 valence electrons. The highest BCUT2D eigenvalue weighted by atomic mass is 35.5. The van der Waals surface area contributed by atoms with E-state index in [0.717, 1.165) is 5.56 Å². The number of hydrogen-bond acceptors (Lipinski definition) is 4. The molecule has 5 heteroatoms. The second kappa shape index (κ2) is 3.74. The Balaban J connectivity index is 1.97. The molecule has 1 aromatic carbocycles. The summed E-state index contributed by atoms with van der Waals surface area (Å²) in [6.45, 7) is 0.553. The number of nitrogens with one attached hydrogen (secondary N) is 2. The summed E-state index contributed by atoms with van der Waals surface area (Å²) in [6, 6.07) is 4.97. The van der Waals surface area contributed by atoms with E-state index in [4.69, 9.17) is 17.3 Å². The minimum Gasteiger partial charge on any atom is -0.508 e. The lowest BCUT2D eigenvalue weighted by atomic mass is 10.2. The van der Waals surface area contributed by atoms with Crippen LogP contribution < -0.4 is 16.4 Å². The van der Waals surface area contributed by atoms with Crippen molar-refractivity contribution in [3.05, 3.63) is 28.8 Å². The van der Waals surface area contributed by atoms with E-state index in [9.17, 15) is 5.11 Å². The van der Waals surface area contributed by atoms with Crippen LogP contribution in [0.3, 0.4) is 0 Å². The number of hydrogen-bond donors (Lipinski definition) is 4. The second-order valence-corrected chi connectivity index (χ2v) is 3.76. The first-order valence-corrected chi connectivity index (χ1v) is 4.77. The number of nitrogens with two attached hydrogens (primary N) is 1. The van der Waals surface area contributed by atoms with Gasteiger partial charge in [-0.25, -0.2) is 0 Å². The van der Waals surface area contributed by atoms with E-state index in [-0.39, 0.29) is 18.1 Å². The van der Waals surface area contributed by atoms with Crippen molar-refractivity contribution in [2.45, 2.75) is 18.9 Å². The van der Waals surface area contributed by atoms with Crippen molar-refractivity contribution < 1.29 is 5.11 Å². The average Bonchev–Trinajstić information content (AvgIpc) is 2.84. The van der Waals surface area contributed by atoms with Gasteiger partial charge < -0.3 is 10.8 Å². The van der Waals surface area contributed by atoms with Crippen LogP contribution in [0.15, 0.2) is 18.2 Å². The molecular formula is C9H12ClN3O. The van der Waals surface area contributed by atoms with Gasteiger partial charge in [0.05, 0.1) is 12.3 Å². The van der Waals surface area contributed by atoms with Gasteiger partial charge in [-0.05, 0) is 18.2 Å². The quantitative estimate of drug-likeness (QED) is 0.547. The maximum absolute atomic E-state index is 9.48. The fourth-order valence-corrected chi connectivity index (χ4v) is 1.45. The van der Waals surface area contributed by atoms with Crippen molar-refractivity contribution in [3.63, 3.8) is 0 Å². The smallest absolute Gasteiger partial charge is 0.120 e. The molecule has 0 aromatic heterocycles. The van der Waals surface area contributed by atoms with Crippen LogP contribution in [0.1, 0.15) is 5.56 Å². The van der Waals surface area contributed by atoms with Crippen molar-refractivity contribution >= 4 is 11.6 Å². The van der Waals surface area contributed by atoms with Crippen molar-refractivity contribution in [2.24, 2.45) is 5.73 Å². The second-order valence-electron chi connectivity index (χ2n) is 3.32. The highest BCUT2D eigenvalue weighted by Crippen LogP contribution is 2.21. The zero-order valence-electron chi connectivity index (χ0n) is 7.50. The van der Waals surface area contributed by atoms with Gasteiger partial charge in [-0.3, -0.25) is 10.6 Å². The first-order valence-electron chi connectivity index (χ1n) is 4.39. The van der Waals surface area contributed by atoms with E-state index >= 15 is 0 Å². The van der Waals surface area contributed by atoms with Crippen LogP contribution >= 0.6 is 11.6 Å². The molecule has 0 amide bonds. The zero-order valence-corrected chi connectivity index (χ0v) is 8.25. The first kappa shape index (κ1) is 9.73. The molecule has 5 N–H and O–H groups in total. The third kappa shape index (κ3) is 2.16. The minimum absolute atomic E-state index is 0.0244. The molecule has 14 heavy (non-hydrogen) atoms. The Kier molecular flexibility index (Phi) is 2.60. The summed E-state index contributed by atoms with van der Waals surface area (Å²) < 4.78 is 0. The molecule has 1 aliphatic heterocycles. The molecule has 2 rings (SSSR count). The molecular weight excluding hydrogens is 202 g/mol. The van der Waals surface area contributed by atoms with Gasteiger partial charge in [-0.2, -0.15) is 0 Å². The Morgan fingerprint density at radius 2 is 2.29 bits per heavy atom. The molecule has 0 spiro atoms. The molecule has 4 nitrogen and oxygen atoms in total. The molecule has 1 saturated heterocycles. The summed E-state index contributed by atoms with van der Waals surface area (Å²) >= 11 is 5.80. The largest absolute Gasteiger partial charge is 0.508 e. The Hall–Kier alpha value is -0.810. The van der Waals surface area contributed by atoms with Crippen LogP contribution in [0.5, 0.6) is 5.75 Å². The standard InChI is InChI=1S/C9H12ClN3O/c10-6-1-2-7(14)5(3-6)4-12-9-8(11)13-9/h1-3,8-9,12-14H,4,11H2. The highest BCUT2D eigenvalue weighted by Gasteiger charge is 2.31. The third-order valence-electron chi connectivity index (χ3n) is 2.18. The van der Waals surface area contributed by atoms with Gasteiger partial charge in [0, 0.05) is 17.1 Å². The van der Waals surface area contributed by atoms with Crippen LogP contribution in [0.4, 0.5) is 0 Å². The fraction of sp³-hybridized carbons (Fsp3) is 0.333. The van der Waals surface area contributed by atoms with Gasteiger partial charge in [-0.1, -0.05) is 11.6 Å². The number of benzene rings is 1. The van der Waals surface area contributed by atoms with Crippen molar-refractivity contribution in [1.82, 2.24) is 10.6 Å². The monoisotopic (exact) mass is 213 g/mol. The predicted octanol–water partition coefficient (Wildman–Crippen LogP) is 0.349. The Labute approximate surface area is 87.1 Å². The molecule has 2 unspecified atom stereocenters. The van der Waals surface area contributed by atoms with Gasteiger partial charge in [0.15, 0.2) is 0 Å². The molecule has 2 atom stereocenters. The molecule has 0 bridgehead atoms. The Morgan fingerprint density at radius 1 is 1.57 bits per heavy atom. The zero-order chi connectivity index (χ0) is 10.1. The first-order chi connectivity index (χ1) is 6.66. The van der Waals surface area contributed by atoms with Crippen LogP contribution in [0.2, 0.25) is 5.02 Å². The summed E-state index contributed by atoms with van der Waals surface area (Å²) in [5, 5.41) is 16.2. The average molecular weight is 214 g/mol. The topological polar surface area (TPSA) is 80.2 Å².